The third kappa shape index (κ3) is 3.98. The maximum atomic E-state index is 13.1. The molecule has 8 heteroatoms. The summed E-state index contributed by atoms with van der Waals surface area (Å²) < 4.78 is 0. The molecule has 0 heterocycles. The third-order valence-corrected chi connectivity index (χ3v) is 8.66. The molecule has 44 heavy (non-hydrogen) atoms. The highest BCUT2D eigenvalue weighted by Crippen LogP contribution is 2.48. The van der Waals surface area contributed by atoms with Gasteiger partial charge in [-0.3, -0.25) is 9.59 Å². The quantitative estimate of drug-likeness (QED) is 0.127. The molecule has 0 fully saturated rings. The van der Waals surface area contributed by atoms with E-state index in [1.807, 2.05) is 13.8 Å². The van der Waals surface area contributed by atoms with Crippen molar-refractivity contribution in [2.24, 2.45) is 11.5 Å². The Kier molecular flexibility index (Phi) is 6.18. The van der Waals surface area contributed by atoms with Crippen LogP contribution in [0.1, 0.15) is 78.9 Å². The minimum atomic E-state index is -1.26. The first-order valence-corrected chi connectivity index (χ1v) is 14.1. The average molecular weight is 587 g/mol. The van der Waals surface area contributed by atoms with Crippen LogP contribution in [-0.2, 0) is 5.41 Å². The average Bonchev–Trinajstić information content (AvgIpc) is 2.93. The minimum Gasteiger partial charge on any atom is -0.478 e. The Morgan fingerprint density at radius 1 is 0.568 bits per heavy atom. The smallest absolute Gasteiger partial charge is 0.336 e. The van der Waals surface area contributed by atoms with E-state index < -0.39 is 23.8 Å². The van der Waals surface area contributed by atoms with Crippen molar-refractivity contribution in [3.8, 4) is 11.1 Å². The topological polar surface area (TPSA) is 161 Å². The Hall–Kier alpha value is -5.50. The molecule has 6 rings (SSSR count). The summed E-state index contributed by atoms with van der Waals surface area (Å²) in [5.74, 6) is -3.99. The van der Waals surface area contributed by atoms with Gasteiger partial charge in [0.15, 0.2) is 0 Å². The van der Waals surface area contributed by atoms with Crippen molar-refractivity contribution >= 4 is 66.8 Å². The lowest BCUT2D eigenvalue weighted by atomic mass is 9.78. The summed E-state index contributed by atoms with van der Waals surface area (Å²) in [6.45, 7) is 10.4. The van der Waals surface area contributed by atoms with Crippen molar-refractivity contribution in [2.45, 2.75) is 40.0 Å². The van der Waals surface area contributed by atoms with Crippen molar-refractivity contribution in [2.75, 3.05) is 0 Å². The van der Waals surface area contributed by atoms with Crippen molar-refractivity contribution in [3.05, 3.63) is 93.5 Å². The Morgan fingerprint density at radius 2 is 1.02 bits per heavy atom. The minimum absolute atomic E-state index is 0.0965. The number of carboxylic acids is 2. The van der Waals surface area contributed by atoms with Crippen LogP contribution in [0.15, 0.2) is 54.6 Å². The SMILES string of the molecule is Cc1cc(C(C)(C)C)cc(C)c1-c1cc(C(N)=O)c2c(C(N)=O)ccc3c4ccc(C(=O)O)c5c(C(=O)O)ccc(c1c23)c54. The zero-order valence-electron chi connectivity index (χ0n) is 24.9. The number of primary amides is 2. The number of amides is 2. The van der Waals surface area contributed by atoms with Gasteiger partial charge in [0.1, 0.15) is 0 Å². The standard InChI is InChI=1S/C36H30N2O6/c1-15-12-17(36(3,4)5)13-16(2)26(15)24-14-25(33(38)40)29-21(32(37)39)9-6-19-18-7-10-22(34(41)42)30-23(35(43)44)11-8-20(27(18)30)28(24)31(19)29/h6-14H,1-5H3,(H2,37,39)(H2,38,40)(H,41,42)(H,43,44). The lowest BCUT2D eigenvalue weighted by Gasteiger charge is -2.25. The molecule has 8 nitrogen and oxygen atoms in total. The molecule has 0 aromatic heterocycles. The van der Waals surface area contributed by atoms with Gasteiger partial charge in [-0.15, -0.1) is 0 Å². The van der Waals surface area contributed by atoms with E-state index in [2.05, 4.69) is 32.9 Å². The van der Waals surface area contributed by atoms with E-state index in [1.165, 1.54) is 18.2 Å². The molecule has 0 saturated carbocycles. The highest BCUT2D eigenvalue weighted by Gasteiger charge is 2.28. The molecule has 0 unspecified atom stereocenters. The number of aryl methyl sites for hydroxylation is 2. The predicted octanol–water partition coefficient (Wildman–Crippen LogP) is 6.91. The predicted molar refractivity (Wildman–Crippen MR) is 172 cm³/mol. The van der Waals surface area contributed by atoms with Crippen molar-refractivity contribution in [1.29, 1.82) is 0 Å². The molecule has 0 spiro atoms. The first kappa shape index (κ1) is 28.6. The van der Waals surface area contributed by atoms with Crippen LogP contribution in [-0.4, -0.2) is 34.0 Å². The second-order valence-electron chi connectivity index (χ2n) is 12.4. The van der Waals surface area contributed by atoms with Gasteiger partial charge in [0.2, 0.25) is 11.8 Å². The van der Waals surface area contributed by atoms with Gasteiger partial charge in [-0.2, -0.15) is 0 Å². The molecule has 6 aromatic carbocycles. The maximum absolute atomic E-state index is 13.1. The number of nitrogens with two attached hydrogens (primary N) is 2. The molecule has 0 aliphatic heterocycles. The molecule has 0 atom stereocenters. The highest BCUT2D eigenvalue weighted by atomic mass is 16.4. The number of carbonyl (C=O) groups excluding carboxylic acids is 2. The monoisotopic (exact) mass is 586 g/mol. The van der Waals surface area contributed by atoms with Gasteiger partial charge in [0, 0.05) is 21.9 Å². The fraction of sp³-hybridized carbons (Fsp3) is 0.167. The van der Waals surface area contributed by atoms with Gasteiger partial charge in [0.05, 0.1) is 11.1 Å². The number of carboxylic acid groups (broad SMARTS) is 2. The Labute approximate surface area is 252 Å². The summed E-state index contributed by atoms with van der Waals surface area (Å²) in [4.78, 5) is 50.6. The van der Waals surface area contributed by atoms with Crippen molar-refractivity contribution < 1.29 is 29.4 Å². The number of hydrogen-bond donors (Lipinski definition) is 4. The fourth-order valence-corrected chi connectivity index (χ4v) is 6.77. The van der Waals surface area contributed by atoms with Crippen LogP contribution < -0.4 is 11.5 Å². The Bertz CT molecular complexity index is 2250. The Balaban J connectivity index is 1.99. The molecule has 0 radical (unpaired) electrons. The molecule has 220 valence electrons. The van der Waals surface area contributed by atoms with Crippen LogP contribution >= 0.6 is 0 Å². The van der Waals surface area contributed by atoms with Gasteiger partial charge in [-0.25, -0.2) is 9.59 Å². The van der Waals surface area contributed by atoms with Crippen LogP contribution in [0.25, 0.3) is 54.2 Å². The molecular formula is C36H30N2O6. The Morgan fingerprint density at radius 3 is 1.50 bits per heavy atom. The van der Waals surface area contributed by atoms with Gasteiger partial charge in [-0.1, -0.05) is 51.1 Å². The molecule has 2 amide bonds. The molecule has 6 N–H and O–H groups in total. The van der Waals surface area contributed by atoms with E-state index in [4.69, 9.17) is 11.5 Å². The summed E-state index contributed by atoms with van der Waals surface area (Å²) in [5, 5.41) is 24.0. The molecule has 0 aliphatic carbocycles. The first-order valence-electron chi connectivity index (χ1n) is 14.1. The number of rotatable bonds is 5. The number of benzene rings is 6. The molecule has 0 saturated heterocycles. The van der Waals surface area contributed by atoms with Crippen LogP contribution in [0.3, 0.4) is 0 Å². The lowest BCUT2D eigenvalue weighted by Crippen LogP contribution is -2.17. The maximum Gasteiger partial charge on any atom is 0.336 e. The third-order valence-electron chi connectivity index (χ3n) is 8.66. The number of carbonyl (C=O) groups is 4. The van der Waals surface area contributed by atoms with E-state index in [0.29, 0.717) is 43.3 Å². The first-order chi connectivity index (χ1) is 20.6. The zero-order chi connectivity index (χ0) is 32.0. The van der Waals surface area contributed by atoms with Gasteiger partial charge >= 0.3 is 11.9 Å². The van der Waals surface area contributed by atoms with E-state index in [0.717, 1.165) is 22.3 Å². The second kappa shape index (κ2) is 9.50. The van der Waals surface area contributed by atoms with E-state index >= 15 is 0 Å². The number of aromatic carboxylic acids is 2. The fourth-order valence-electron chi connectivity index (χ4n) is 6.77. The van der Waals surface area contributed by atoms with Gasteiger partial charge < -0.3 is 21.7 Å². The normalized spacial score (nSPS) is 12.0. The van der Waals surface area contributed by atoms with E-state index in [1.54, 1.807) is 24.3 Å². The van der Waals surface area contributed by atoms with Crippen molar-refractivity contribution in [3.63, 3.8) is 0 Å². The van der Waals surface area contributed by atoms with Crippen LogP contribution in [0.2, 0.25) is 0 Å². The lowest BCUT2D eigenvalue weighted by molar-refractivity contribution is 0.0695. The van der Waals surface area contributed by atoms with Gasteiger partial charge in [-0.05, 0) is 104 Å². The van der Waals surface area contributed by atoms with Crippen molar-refractivity contribution in [1.82, 2.24) is 0 Å². The van der Waals surface area contributed by atoms with Crippen LogP contribution in [0, 0.1) is 13.8 Å². The number of fused-ring (bicyclic) bond motifs is 2. The highest BCUT2D eigenvalue weighted by molar-refractivity contribution is 6.40. The van der Waals surface area contributed by atoms with Crippen LogP contribution in [0.4, 0.5) is 0 Å². The second-order valence-corrected chi connectivity index (χ2v) is 12.4. The molecular weight excluding hydrogens is 556 g/mol. The molecule has 6 aromatic rings. The zero-order valence-corrected chi connectivity index (χ0v) is 24.9. The van der Waals surface area contributed by atoms with E-state index in [-0.39, 0.29) is 33.1 Å². The van der Waals surface area contributed by atoms with Crippen LogP contribution in [0.5, 0.6) is 0 Å². The van der Waals surface area contributed by atoms with Gasteiger partial charge in [0.25, 0.3) is 0 Å². The van der Waals surface area contributed by atoms with E-state index in [9.17, 15) is 29.4 Å². The summed E-state index contributed by atoms with van der Waals surface area (Å²) in [6, 6.07) is 15.2. The molecule has 0 bridgehead atoms. The molecule has 0 aliphatic rings. The largest absolute Gasteiger partial charge is 0.478 e. The number of hydrogen-bond acceptors (Lipinski definition) is 4. The summed E-state index contributed by atoms with van der Waals surface area (Å²) >= 11 is 0. The summed E-state index contributed by atoms with van der Waals surface area (Å²) in [5.41, 5.74) is 16.1. The summed E-state index contributed by atoms with van der Waals surface area (Å²) in [7, 11) is 0. The summed E-state index contributed by atoms with van der Waals surface area (Å²) in [6.07, 6.45) is 0.